The molecule has 0 bridgehead atoms. The second kappa shape index (κ2) is 5.82. The molecule has 4 nitrogen and oxygen atoms in total. The summed E-state index contributed by atoms with van der Waals surface area (Å²) in [5.74, 6) is -0.695. The van der Waals surface area contributed by atoms with Crippen molar-refractivity contribution in [3.05, 3.63) is 29.6 Å². The second-order valence-corrected chi connectivity index (χ2v) is 4.30. The predicted octanol–water partition coefficient (Wildman–Crippen LogP) is 1.78. The molecule has 1 aliphatic heterocycles. The minimum absolute atomic E-state index is 0.0132. The van der Waals surface area contributed by atoms with Crippen LogP contribution >= 0.6 is 0 Å². The summed E-state index contributed by atoms with van der Waals surface area (Å²) in [6.45, 7) is 1.27. The number of benzene rings is 1. The number of halogens is 1. The van der Waals surface area contributed by atoms with Crippen LogP contribution in [0.1, 0.15) is 23.2 Å². The molecule has 0 saturated carbocycles. The number of hydrogen-bond acceptors (Lipinski definition) is 3. The van der Waals surface area contributed by atoms with Crippen molar-refractivity contribution in [1.29, 1.82) is 0 Å². The van der Waals surface area contributed by atoms with Gasteiger partial charge >= 0.3 is 0 Å². The van der Waals surface area contributed by atoms with E-state index in [9.17, 15) is 9.18 Å². The number of nitrogens with one attached hydrogen (secondary N) is 2. The third-order valence-corrected chi connectivity index (χ3v) is 3.00. The van der Waals surface area contributed by atoms with Crippen molar-refractivity contribution in [2.45, 2.75) is 18.9 Å². The van der Waals surface area contributed by atoms with Crippen molar-refractivity contribution in [2.24, 2.45) is 0 Å². The Balaban J connectivity index is 2.10. The molecule has 0 spiro atoms. The minimum Gasteiger partial charge on any atom is -0.385 e. The summed E-state index contributed by atoms with van der Waals surface area (Å²) < 4.78 is 18.8. The van der Waals surface area contributed by atoms with E-state index in [0.29, 0.717) is 12.2 Å². The monoisotopic (exact) mass is 252 g/mol. The second-order valence-electron chi connectivity index (χ2n) is 4.30. The molecule has 2 rings (SSSR count). The van der Waals surface area contributed by atoms with Crippen LogP contribution < -0.4 is 10.6 Å². The van der Waals surface area contributed by atoms with Gasteiger partial charge in [-0.1, -0.05) is 6.07 Å². The van der Waals surface area contributed by atoms with Crippen molar-refractivity contribution in [2.75, 3.05) is 25.6 Å². The van der Waals surface area contributed by atoms with Crippen LogP contribution in [0.3, 0.4) is 0 Å². The quantitative estimate of drug-likeness (QED) is 0.862. The van der Waals surface area contributed by atoms with Gasteiger partial charge in [-0.2, -0.15) is 0 Å². The largest absolute Gasteiger partial charge is 0.385 e. The lowest BCUT2D eigenvalue weighted by molar-refractivity contribution is 0.0624. The van der Waals surface area contributed by atoms with Crippen LogP contribution in [0.5, 0.6) is 0 Å². The Morgan fingerprint density at radius 2 is 2.33 bits per heavy atom. The maximum atomic E-state index is 13.5. The highest BCUT2D eigenvalue weighted by molar-refractivity contribution is 5.99. The summed E-state index contributed by atoms with van der Waals surface area (Å²) >= 11 is 0. The van der Waals surface area contributed by atoms with Gasteiger partial charge in [0.05, 0.1) is 23.9 Å². The zero-order chi connectivity index (χ0) is 13.0. The van der Waals surface area contributed by atoms with Gasteiger partial charge in [-0.05, 0) is 25.0 Å². The third kappa shape index (κ3) is 2.79. The molecular formula is C13H17FN2O2. The van der Waals surface area contributed by atoms with Gasteiger partial charge in [-0.3, -0.25) is 4.79 Å². The normalized spacial score (nSPS) is 19.3. The molecule has 1 aromatic rings. The van der Waals surface area contributed by atoms with Crippen LogP contribution in [-0.2, 0) is 4.74 Å². The van der Waals surface area contributed by atoms with E-state index in [2.05, 4.69) is 10.6 Å². The van der Waals surface area contributed by atoms with E-state index in [0.717, 1.165) is 19.4 Å². The zero-order valence-corrected chi connectivity index (χ0v) is 10.3. The highest BCUT2D eigenvalue weighted by atomic mass is 19.1. The molecule has 1 saturated heterocycles. The van der Waals surface area contributed by atoms with Crippen LogP contribution in [0.4, 0.5) is 10.1 Å². The molecular weight excluding hydrogens is 235 g/mol. The first-order valence-corrected chi connectivity index (χ1v) is 6.07. The molecule has 0 aliphatic carbocycles. The molecule has 1 fully saturated rings. The van der Waals surface area contributed by atoms with Gasteiger partial charge in [0, 0.05) is 13.7 Å². The molecule has 1 atom stereocenters. The first-order chi connectivity index (χ1) is 8.72. The lowest BCUT2D eigenvalue weighted by Crippen LogP contribution is -2.40. The van der Waals surface area contributed by atoms with Gasteiger partial charge in [-0.25, -0.2) is 4.39 Å². The van der Waals surface area contributed by atoms with Crippen molar-refractivity contribution < 1.29 is 13.9 Å². The Morgan fingerprint density at radius 1 is 1.50 bits per heavy atom. The van der Waals surface area contributed by atoms with Gasteiger partial charge < -0.3 is 15.4 Å². The number of para-hydroxylation sites is 1. The average Bonchev–Trinajstić information content (AvgIpc) is 2.39. The molecule has 98 valence electrons. The Morgan fingerprint density at radius 3 is 3.00 bits per heavy atom. The van der Waals surface area contributed by atoms with E-state index in [1.807, 2.05) is 0 Å². The van der Waals surface area contributed by atoms with Crippen LogP contribution in [0.25, 0.3) is 0 Å². The van der Waals surface area contributed by atoms with E-state index in [1.54, 1.807) is 13.1 Å². The Kier molecular flexibility index (Phi) is 4.15. The van der Waals surface area contributed by atoms with Crippen LogP contribution in [0.2, 0.25) is 0 Å². The van der Waals surface area contributed by atoms with Gasteiger partial charge in [0.1, 0.15) is 5.82 Å². The number of carbonyl (C=O) groups is 1. The summed E-state index contributed by atoms with van der Waals surface area (Å²) in [4.78, 5) is 12.1. The summed E-state index contributed by atoms with van der Waals surface area (Å²) in [6.07, 6.45) is 1.84. The molecule has 1 amide bonds. The number of carbonyl (C=O) groups excluding carboxylic acids is 1. The average molecular weight is 252 g/mol. The number of amides is 1. The van der Waals surface area contributed by atoms with Crippen molar-refractivity contribution in [1.82, 2.24) is 5.32 Å². The molecule has 0 radical (unpaired) electrons. The van der Waals surface area contributed by atoms with E-state index >= 15 is 0 Å². The van der Waals surface area contributed by atoms with Crippen molar-refractivity contribution >= 4 is 11.6 Å². The van der Waals surface area contributed by atoms with Crippen LogP contribution in [-0.4, -0.2) is 32.2 Å². The summed E-state index contributed by atoms with van der Waals surface area (Å²) in [6, 6.07) is 4.47. The topological polar surface area (TPSA) is 50.4 Å². The number of hydrogen-bond donors (Lipinski definition) is 2. The maximum absolute atomic E-state index is 13.5. The fourth-order valence-corrected chi connectivity index (χ4v) is 2.09. The molecule has 1 aromatic carbocycles. The highest BCUT2D eigenvalue weighted by Crippen LogP contribution is 2.19. The van der Waals surface area contributed by atoms with E-state index < -0.39 is 5.82 Å². The third-order valence-electron chi connectivity index (χ3n) is 3.00. The maximum Gasteiger partial charge on any atom is 0.253 e. The van der Waals surface area contributed by atoms with Gasteiger partial charge in [0.25, 0.3) is 5.91 Å². The lowest BCUT2D eigenvalue weighted by atomic mass is 10.1. The molecule has 2 N–H and O–H groups in total. The number of anilines is 1. The smallest absolute Gasteiger partial charge is 0.253 e. The fourth-order valence-electron chi connectivity index (χ4n) is 2.09. The molecule has 1 unspecified atom stereocenters. The highest BCUT2D eigenvalue weighted by Gasteiger charge is 2.19. The SMILES string of the molecule is CNc1c(F)cccc1C(=O)NC1CCCOC1. The van der Waals surface area contributed by atoms with Gasteiger partial charge in [-0.15, -0.1) is 0 Å². The van der Waals surface area contributed by atoms with Gasteiger partial charge in [0.15, 0.2) is 0 Å². The summed E-state index contributed by atoms with van der Waals surface area (Å²) in [7, 11) is 1.60. The molecule has 5 heteroatoms. The number of ether oxygens (including phenoxy) is 1. The molecule has 1 aliphatic rings. The first kappa shape index (κ1) is 12.8. The summed E-state index contributed by atoms with van der Waals surface area (Å²) in [5.41, 5.74) is 0.551. The fraction of sp³-hybridized carbons (Fsp3) is 0.462. The van der Waals surface area contributed by atoms with E-state index in [-0.39, 0.29) is 17.6 Å². The predicted molar refractivity (Wildman–Crippen MR) is 67.3 cm³/mol. The Labute approximate surface area is 106 Å². The Bertz CT molecular complexity index is 431. The standard InChI is InChI=1S/C13H17FN2O2/c1-15-12-10(5-2-6-11(12)14)13(17)16-9-4-3-7-18-8-9/h2,5-6,9,15H,3-4,7-8H2,1H3,(H,16,17). The Hall–Kier alpha value is -1.62. The molecule has 0 aromatic heterocycles. The van der Waals surface area contributed by atoms with E-state index in [1.165, 1.54) is 12.1 Å². The molecule has 18 heavy (non-hydrogen) atoms. The van der Waals surface area contributed by atoms with Crippen LogP contribution in [0, 0.1) is 5.82 Å². The lowest BCUT2D eigenvalue weighted by Gasteiger charge is -2.23. The molecule has 1 heterocycles. The minimum atomic E-state index is -0.426. The zero-order valence-electron chi connectivity index (χ0n) is 10.3. The van der Waals surface area contributed by atoms with Crippen molar-refractivity contribution in [3.63, 3.8) is 0 Å². The van der Waals surface area contributed by atoms with E-state index in [4.69, 9.17) is 4.74 Å². The summed E-state index contributed by atoms with van der Waals surface area (Å²) in [5, 5.41) is 5.58. The van der Waals surface area contributed by atoms with Gasteiger partial charge in [0.2, 0.25) is 0 Å². The number of rotatable bonds is 3. The van der Waals surface area contributed by atoms with Crippen LogP contribution in [0.15, 0.2) is 18.2 Å². The van der Waals surface area contributed by atoms with Crippen molar-refractivity contribution in [3.8, 4) is 0 Å². The first-order valence-electron chi connectivity index (χ1n) is 6.07.